The van der Waals surface area contributed by atoms with E-state index >= 15 is 0 Å². The van der Waals surface area contributed by atoms with Crippen molar-refractivity contribution in [2.45, 2.75) is 25.1 Å². The van der Waals surface area contributed by atoms with Crippen LogP contribution in [0, 0.1) is 19.7 Å². The molecule has 4 nitrogen and oxygen atoms in total. The summed E-state index contributed by atoms with van der Waals surface area (Å²) in [5.41, 5.74) is 0.749. The maximum atomic E-state index is 13.7. The lowest BCUT2D eigenvalue weighted by Gasteiger charge is -2.14. The van der Waals surface area contributed by atoms with Crippen molar-refractivity contribution in [1.82, 2.24) is 0 Å². The minimum Gasteiger partial charge on any atom is -0.403 e. The third-order valence-corrected chi connectivity index (χ3v) is 4.46. The van der Waals surface area contributed by atoms with Gasteiger partial charge in [-0.1, -0.05) is 17.7 Å². The predicted molar refractivity (Wildman–Crippen MR) is 79.8 cm³/mol. The first-order valence-electron chi connectivity index (χ1n) is 6.63. The average Bonchev–Trinajstić information content (AvgIpc) is 2.43. The number of rotatable bonds is 4. The number of aryl methyl sites for hydroxylation is 2. The summed E-state index contributed by atoms with van der Waals surface area (Å²) in [6.07, 6.45) is -5.05. The molecule has 0 heterocycles. The van der Waals surface area contributed by atoms with Gasteiger partial charge in [0.25, 0.3) is 10.0 Å². The van der Waals surface area contributed by atoms with E-state index in [1.54, 1.807) is 19.1 Å². The highest BCUT2D eigenvalue weighted by molar-refractivity contribution is 7.92. The Labute approximate surface area is 136 Å². The van der Waals surface area contributed by atoms with Crippen LogP contribution in [0.3, 0.4) is 0 Å². The van der Waals surface area contributed by atoms with E-state index in [9.17, 15) is 26.0 Å². The molecule has 0 aromatic heterocycles. The molecule has 130 valence electrons. The van der Waals surface area contributed by atoms with Crippen LogP contribution in [-0.2, 0) is 10.0 Å². The Kier molecular flexibility index (Phi) is 4.75. The van der Waals surface area contributed by atoms with Gasteiger partial charge in [0, 0.05) is 6.07 Å². The summed E-state index contributed by atoms with van der Waals surface area (Å²) in [5, 5.41) is 0. The number of hydrogen-bond acceptors (Lipinski definition) is 3. The van der Waals surface area contributed by atoms with E-state index in [0.717, 1.165) is 11.6 Å². The van der Waals surface area contributed by atoms with Gasteiger partial charge in [0.1, 0.15) is 0 Å². The van der Waals surface area contributed by atoms with Gasteiger partial charge in [0.2, 0.25) is 0 Å². The molecule has 0 spiro atoms. The van der Waals surface area contributed by atoms with Crippen LogP contribution in [0.15, 0.2) is 41.3 Å². The summed E-state index contributed by atoms with van der Waals surface area (Å²) in [7, 11) is -4.00. The molecule has 24 heavy (non-hydrogen) atoms. The number of sulfonamides is 1. The van der Waals surface area contributed by atoms with Crippen molar-refractivity contribution in [3.63, 3.8) is 0 Å². The van der Waals surface area contributed by atoms with Crippen molar-refractivity contribution >= 4 is 15.7 Å². The topological polar surface area (TPSA) is 55.4 Å². The van der Waals surface area contributed by atoms with Gasteiger partial charge in [0.05, 0.1) is 10.6 Å². The van der Waals surface area contributed by atoms with Gasteiger partial charge in [-0.25, -0.2) is 12.8 Å². The van der Waals surface area contributed by atoms with Gasteiger partial charge in [-0.15, -0.1) is 13.2 Å². The summed E-state index contributed by atoms with van der Waals surface area (Å²) in [5.74, 6) is -2.36. The average molecular weight is 363 g/mol. The molecule has 0 atom stereocenters. The minimum atomic E-state index is -5.05. The van der Waals surface area contributed by atoms with Gasteiger partial charge in [-0.3, -0.25) is 4.72 Å². The fourth-order valence-corrected chi connectivity index (χ4v) is 3.01. The number of alkyl halides is 3. The first-order valence-corrected chi connectivity index (χ1v) is 8.11. The summed E-state index contributed by atoms with van der Waals surface area (Å²) in [6.45, 7) is 3.11. The third kappa shape index (κ3) is 4.38. The fraction of sp³-hybridized carbons (Fsp3) is 0.200. The van der Waals surface area contributed by atoms with E-state index in [1.165, 1.54) is 19.1 Å². The number of ether oxygens (including phenoxy) is 1. The SMILES string of the molecule is Cc1ccc(S(=O)(=O)Nc2cc(F)c(OC(F)(F)F)cc2C)cc1. The van der Waals surface area contributed by atoms with Gasteiger partial charge >= 0.3 is 6.36 Å². The predicted octanol–water partition coefficient (Wildman–Crippen LogP) is 4.14. The second-order valence-corrected chi connectivity index (χ2v) is 6.75. The molecule has 0 amide bonds. The minimum absolute atomic E-state index is 0.0523. The van der Waals surface area contributed by atoms with E-state index in [2.05, 4.69) is 9.46 Å². The maximum Gasteiger partial charge on any atom is 0.573 e. The van der Waals surface area contributed by atoms with Crippen molar-refractivity contribution in [3.8, 4) is 5.75 Å². The lowest BCUT2D eigenvalue weighted by molar-refractivity contribution is -0.275. The maximum absolute atomic E-state index is 13.7. The van der Waals surface area contributed by atoms with Crippen molar-refractivity contribution < 1.29 is 30.7 Å². The van der Waals surface area contributed by atoms with Gasteiger partial charge in [-0.05, 0) is 37.6 Å². The van der Waals surface area contributed by atoms with Crippen LogP contribution in [0.2, 0.25) is 0 Å². The molecule has 2 rings (SSSR count). The lowest BCUT2D eigenvalue weighted by atomic mass is 10.2. The smallest absolute Gasteiger partial charge is 0.403 e. The Balaban J connectivity index is 2.33. The molecule has 1 N–H and O–H groups in total. The highest BCUT2D eigenvalue weighted by Crippen LogP contribution is 2.31. The lowest BCUT2D eigenvalue weighted by Crippen LogP contribution is -2.19. The van der Waals surface area contributed by atoms with Gasteiger partial charge in [0.15, 0.2) is 11.6 Å². The summed E-state index contributed by atoms with van der Waals surface area (Å²) >= 11 is 0. The Morgan fingerprint density at radius 2 is 1.62 bits per heavy atom. The third-order valence-electron chi connectivity index (χ3n) is 3.08. The molecule has 0 aliphatic rings. The molecule has 0 radical (unpaired) electrons. The van der Waals surface area contributed by atoms with E-state index in [4.69, 9.17) is 0 Å². The second kappa shape index (κ2) is 6.31. The number of anilines is 1. The molecular formula is C15H13F4NO3S. The van der Waals surface area contributed by atoms with Crippen LogP contribution in [0.25, 0.3) is 0 Å². The molecule has 0 unspecified atom stereocenters. The summed E-state index contributed by atoms with van der Waals surface area (Å²) < 4.78 is 80.4. The van der Waals surface area contributed by atoms with Crippen LogP contribution in [0.4, 0.5) is 23.2 Å². The standard InChI is InChI=1S/C15H13F4NO3S/c1-9-3-5-11(6-4-9)24(21,22)20-13-8-12(16)14(7-10(13)2)23-15(17,18)19/h3-8,20H,1-2H3. The number of hydrogen-bond donors (Lipinski definition) is 1. The normalized spacial score (nSPS) is 12.1. The zero-order chi connectivity index (χ0) is 18.1. The fourth-order valence-electron chi connectivity index (χ4n) is 1.89. The molecule has 0 aliphatic carbocycles. The van der Waals surface area contributed by atoms with Crippen molar-refractivity contribution in [2.24, 2.45) is 0 Å². The van der Waals surface area contributed by atoms with Crippen molar-refractivity contribution in [2.75, 3.05) is 4.72 Å². The van der Waals surface area contributed by atoms with E-state index in [0.29, 0.717) is 6.07 Å². The summed E-state index contributed by atoms with van der Waals surface area (Å²) in [6, 6.07) is 7.32. The zero-order valence-electron chi connectivity index (χ0n) is 12.6. The van der Waals surface area contributed by atoms with E-state index in [1.807, 2.05) is 0 Å². The number of halogens is 4. The Bertz CT molecular complexity index is 846. The highest BCUT2D eigenvalue weighted by atomic mass is 32.2. The molecule has 9 heteroatoms. The quantitative estimate of drug-likeness (QED) is 0.831. The van der Waals surface area contributed by atoms with Crippen molar-refractivity contribution in [3.05, 3.63) is 53.3 Å². The monoisotopic (exact) mass is 363 g/mol. The Morgan fingerprint density at radius 3 is 2.17 bits per heavy atom. The van der Waals surface area contributed by atoms with Crippen molar-refractivity contribution in [1.29, 1.82) is 0 Å². The van der Waals surface area contributed by atoms with Crippen LogP contribution in [0.5, 0.6) is 5.75 Å². The zero-order valence-corrected chi connectivity index (χ0v) is 13.4. The first kappa shape index (κ1) is 18.1. The number of nitrogens with one attached hydrogen (secondary N) is 1. The molecular weight excluding hydrogens is 350 g/mol. The van der Waals surface area contributed by atoms with Crippen LogP contribution in [-0.4, -0.2) is 14.8 Å². The summed E-state index contributed by atoms with van der Waals surface area (Å²) in [4.78, 5) is -0.0523. The number of benzene rings is 2. The Morgan fingerprint density at radius 1 is 1.04 bits per heavy atom. The molecule has 0 aliphatic heterocycles. The highest BCUT2D eigenvalue weighted by Gasteiger charge is 2.32. The van der Waals surface area contributed by atoms with Gasteiger partial charge < -0.3 is 4.74 Å². The Hall–Kier alpha value is -2.29. The molecule has 0 bridgehead atoms. The van der Waals surface area contributed by atoms with Gasteiger partial charge in [-0.2, -0.15) is 0 Å². The van der Waals surface area contributed by atoms with E-state index < -0.39 is 28.0 Å². The molecule has 0 fully saturated rings. The van der Waals surface area contributed by atoms with Crippen LogP contribution < -0.4 is 9.46 Å². The molecule has 2 aromatic rings. The van der Waals surface area contributed by atoms with E-state index in [-0.39, 0.29) is 16.1 Å². The molecule has 0 saturated carbocycles. The largest absolute Gasteiger partial charge is 0.573 e. The van der Waals surface area contributed by atoms with Crippen LogP contribution in [0.1, 0.15) is 11.1 Å². The molecule has 0 saturated heterocycles. The molecule has 2 aromatic carbocycles. The second-order valence-electron chi connectivity index (χ2n) is 5.06. The van der Waals surface area contributed by atoms with Crippen LogP contribution >= 0.6 is 0 Å². The first-order chi connectivity index (χ1) is 11.0.